The molecule has 21 heavy (non-hydrogen) atoms. The molecule has 3 nitrogen and oxygen atoms in total. The van der Waals surface area contributed by atoms with E-state index in [1.54, 1.807) is 0 Å². The van der Waals surface area contributed by atoms with Crippen LogP contribution in [-0.2, 0) is 11.2 Å². The second-order valence-corrected chi connectivity index (χ2v) is 6.59. The fourth-order valence-corrected chi connectivity index (χ4v) is 3.38. The molecule has 1 aromatic rings. The minimum Gasteiger partial charge on any atom is -0.491 e. The molecule has 1 aliphatic carbocycles. The lowest BCUT2D eigenvalue weighted by Crippen LogP contribution is -2.21. The van der Waals surface area contributed by atoms with Crippen LogP contribution in [0.2, 0.25) is 0 Å². The molecular formula is C18H26O3. The molecule has 0 amide bonds. The summed E-state index contributed by atoms with van der Waals surface area (Å²) in [6, 6.07) is 8.21. The summed E-state index contributed by atoms with van der Waals surface area (Å²) in [4.78, 5) is 11.1. The molecule has 2 rings (SSSR count). The number of aliphatic carboxylic acids is 1. The summed E-state index contributed by atoms with van der Waals surface area (Å²) < 4.78 is 5.64. The van der Waals surface area contributed by atoms with E-state index in [1.807, 2.05) is 26.0 Å². The number of hydrogen-bond acceptors (Lipinski definition) is 2. The van der Waals surface area contributed by atoms with Gasteiger partial charge in [0.15, 0.2) is 0 Å². The number of carboxylic acids is 1. The number of ether oxygens (including phenoxy) is 1. The predicted octanol–water partition coefficient (Wildman–Crippen LogP) is 4.44. The van der Waals surface area contributed by atoms with Gasteiger partial charge in [0.2, 0.25) is 0 Å². The lowest BCUT2D eigenvalue weighted by molar-refractivity contribution is -0.139. The molecule has 1 fully saturated rings. The summed E-state index contributed by atoms with van der Waals surface area (Å²) in [5, 5.41) is 9.14. The van der Waals surface area contributed by atoms with Crippen molar-refractivity contribution < 1.29 is 14.6 Å². The van der Waals surface area contributed by atoms with E-state index < -0.39 is 5.97 Å². The van der Waals surface area contributed by atoms with Crippen LogP contribution in [0.3, 0.4) is 0 Å². The summed E-state index contributed by atoms with van der Waals surface area (Å²) in [7, 11) is 0. The zero-order valence-corrected chi connectivity index (χ0v) is 13.1. The van der Waals surface area contributed by atoms with Crippen molar-refractivity contribution in [2.75, 3.05) is 0 Å². The fraction of sp³-hybridized carbons (Fsp3) is 0.611. The average Bonchev–Trinajstić information content (AvgIpc) is 2.85. The van der Waals surface area contributed by atoms with Crippen molar-refractivity contribution in [2.24, 2.45) is 5.41 Å². The summed E-state index contributed by atoms with van der Waals surface area (Å²) in [6.45, 7) is 4.04. The van der Waals surface area contributed by atoms with Crippen LogP contribution in [0.5, 0.6) is 5.75 Å². The Labute approximate surface area is 127 Å². The van der Waals surface area contributed by atoms with Crippen LogP contribution < -0.4 is 4.74 Å². The van der Waals surface area contributed by atoms with Gasteiger partial charge in [-0.05, 0) is 62.6 Å². The molecule has 0 atom stereocenters. The first-order valence-corrected chi connectivity index (χ1v) is 7.96. The maximum atomic E-state index is 11.1. The van der Waals surface area contributed by atoms with E-state index in [0.29, 0.717) is 6.42 Å². The first-order chi connectivity index (χ1) is 9.99. The van der Waals surface area contributed by atoms with E-state index in [2.05, 4.69) is 12.1 Å². The second-order valence-electron chi connectivity index (χ2n) is 6.59. The Kier molecular flexibility index (Phi) is 5.27. The molecule has 0 spiro atoms. The number of aryl methyl sites for hydroxylation is 1. The zero-order valence-electron chi connectivity index (χ0n) is 13.1. The lowest BCUT2D eigenvalue weighted by Gasteiger charge is -2.27. The van der Waals surface area contributed by atoms with Crippen LogP contribution in [0.1, 0.15) is 57.9 Å². The van der Waals surface area contributed by atoms with Crippen molar-refractivity contribution in [3.05, 3.63) is 29.8 Å². The Morgan fingerprint density at radius 2 is 1.86 bits per heavy atom. The molecule has 1 saturated carbocycles. The molecule has 0 saturated heterocycles. The maximum absolute atomic E-state index is 11.1. The molecular weight excluding hydrogens is 264 g/mol. The highest BCUT2D eigenvalue weighted by molar-refractivity contribution is 5.67. The Morgan fingerprint density at radius 1 is 1.24 bits per heavy atom. The van der Waals surface area contributed by atoms with E-state index in [1.165, 1.54) is 18.4 Å². The number of carbonyl (C=O) groups is 1. The fourth-order valence-electron chi connectivity index (χ4n) is 3.38. The van der Waals surface area contributed by atoms with Crippen molar-refractivity contribution >= 4 is 5.97 Å². The number of rotatable bonds is 7. The third kappa shape index (κ3) is 4.76. The highest BCUT2D eigenvalue weighted by atomic mass is 16.5. The van der Waals surface area contributed by atoms with E-state index in [0.717, 1.165) is 31.4 Å². The van der Waals surface area contributed by atoms with Crippen LogP contribution in [0, 0.1) is 5.41 Å². The highest BCUT2D eigenvalue weighted by Gasteiger charge is 2.35. The van der Waals surface area contributed by atoms with Gasteiger partial charge in [-0.3, -0.25) is 4.79 Å². The minimum atomic E-state index is -0.655. The van der Waals surface area contributed by atoms with E-state index in [9.17, 15) is 4.79 Å². The third-order valence-corrected chi connectivity index (χ3v) is 4.43. The maximum Gasteiger partial charge on any atom is 0.303 e. The summed E-state index contributed by atoms with van der Waals surface area (Å²) in [6.07, 6.45) is 6.92. The first kappa shape index (κ1) is 15.9. The smallest absolute Gasteiger partial charge is 0.303 e. The average molecular weight is 290 g/mol. The van der Waals surface area contributed by atoms with Gasteiger partial charge in [0.25, 0.3) is 0 Å². The topological polar surface area (TPSA) is 46.5 Å². The Balaban J connectivity index is 1.93. The Bertz CT molecular complexity index is 456. The van der Waals surface area contributed by atoms with Gasteiger partial charge in [-0.15, -0.1) is 0 Å². The van der Waals surface area contributed by atoms with E-state index in [-0.39, 0.29) is 11.5 Å². The number of benzene rings is 1. The van der Waals surface area contributed by atoms with Gasteiger partial charge in [0.1, 0.15) is 5.75 Å². The SMILES string of the molecule is CC(C)Oc1ccc(CCC2(CC(=O)O)CCCC2)cc1. The van der Waals surface area contributed by atoms with Crippen molar-refractivity contribution in [2.45, 2.75) is 64.9 Å². The van der Waals surface area contributed by atoms with Crippen molar-refractivity contribution in [3.8, 4) is 5.75 Å². The molecule has 1 N–H and O–H groups in total. The van der Waals surface area contributed by atoms with Crippen LogP contribution >= 0.6 is 0 Å². The van der Waals surface area contributed by atoms with E-state index in [4.69, 9.17) is 9.84 Å². The predicted molar refractivity (Wildman–Crippen MR) is 83.7 cm³/mol. The second kappa shape index (κ2) is 6.97. The van der Waals surface area contributed by atoms with E-state index >= 15 is 0 Å². The summed E-state index contributed by atoms with van der Waals surface area (Å²) >= 11 is 0. The third-order valence-electron chi connectivity index (χ3n) is 4.43. The minimum absolute atomic E-state index is 0.0267. The lowest BCUT2D eigenvalue weighted by atomic mass is 9.77. The molecule has 3 heteroatoms. The molecule has 0 radical (unpaired) electrons. The zero-order chi connectivity index (χ0) is 15.3. The summed E-state index contributed by atoms with van der Waals surface area (Å²) in [5.41, 5.74) is 1.29. The van der Waals surface area contributed by atoms with Crippen LogP contribution in [-0.4, -0.2) is 17.2 Å². The standard InChI is InChI=1S/C18H26O3/c1-14(2)21-16-7-5-15(6-8-16)9-12-18(13-17(19)20)10-3-4-11-18/h5-8,14H,3-4,9-13H2,1-2H3,(H,19,20). The van der Waals surface area contributed by atoms with Crippen LogP contribution in [0.15, 0.2) is 24.3 Å². The van der Waals surface area contributed by atoms with Gasteiger partial charge in [0.05, 0.1) is 12.5 Å². The largest absolute Gasteiger partial charge is 0.491 e. The summed E-state index contributed by atoms with van der Waals surface area (Å²) in [5.74, 6) is 0.243. The molecule has 0 unspecified atom stereocenters. The monoisotopic (exact) mass is 290 g/mol. The van der Waals surface area contributed by atoms with Gasteiger partial charge in [-0.1, -0.05) is 25.0 Å². The Morgan fingerprint density at radius 3 is 2.38 bits per heavy atom. The quantitative estimate of drug-likeness (QED) is 0.807. The van der Waals surface area contributed by atoms with Gasteiger partial charge >= 0.3 is 5.97 Å². The molecule has 0 aromatic heterocycles. The van der Waals surface area contributed by atoms with Gasteiger partial charge < -0.3 is 9.84 Å². The van der Waals surface area contributed by atoms with Crippen molar-refractivity contribution in [1.29, 1.82) is 0 Å². The highest BCUT2D eigenvalue weighted by Crippen LogP contribution is 2.44. The molecule has 1 aromatic carbocycles. The van der Waals surface area contributed by atoms with Gasteiger partial charge in [-0.25, -0.2) is 0 Å². The normalized spacial score (nSPS) is 17.1. The van der Waals surface area contributed by atoms with Crippen molar-refractivity contribution in [1.82, 2.24) is 0 Å². The molecule has 1 aliphatic rings. The molecule has 0 bridgehead atoms. The molecule has 116 valence electrons. The Hall–Kier alpha value is -1.51. The first-order valence-electron chi connectivity index (χ1n) is 7.96. The number of carboxylic acid groups (broad SMARTS) is 1. The van der Waals surface area contributed by atoms with Gasteiger partial charge in [-0.2, -0.15) is 0 Å². The van der Waals surface area contributed by atoms with Crippen LogP contribution in [0.25, 0.3) is 0 Å². The number of hydrogen-bond donors (Lipinski definition) is 1. The molecule has 0 aliphatic heterocycles. The van der Waals surface area contributed by atoms with Gasteiger partial charge in [0, 0.05) is 0 Å². The molecule has 0 heterocycles. The van der Waals surface area contributed by atoms with Crippen LogP contribution in [0.4, 0.5) is 0 Å². The van der Waals surface area contributed by atoms with Crippen molar-refractivity contribution in [3.63, 3.8) is 0 Å².